The van der Waals surface area contributed by atoms with Gasteiger partial charge in [-0.1, -0.05) is 0 Å². The molecular weight excluding hydrogens is 248 g/mol. The van der Waals surface area contributed by atoms with E-state index in [1.54, 1.807) is 11.8 Å². The number of carbonyl (C=O) groups excluding carboxylic acids is 1. The van der Waals surface area contributed by atoms with Gasteiger partial charge < -0.3 is 15.4 Å². The van der Waals surface area contributed by atoms with Gasteiger partial charge in [-0.25, -0.2) is 0 Å². The molecule has 1 atom stereocenters. The molecule has 2 N–H and O–H groups in total. The highest BCUT2D eigenvalue weighted by Gasteiger charge is 2.31. The lowest BCUT2D eigenvalue weighted by Crippen LogP contribution is -2.40. The Morgan fingerprint density at radius 1 is 1.50 bits per heavy atom. The molecule has 0 radical (unpaired) electrons. The van der Waals surface area contributed by atoms with Gasteiger partial charge in [0.25, 0.3) is 0 Å². The Morgan fingerprint density at radius 3 is 3.17 bits per heavy atom. The molecule has 1 amide bonds. The Bertz CT molecular complexity index is 472. The van der Waals surface area contributed by atoms with Crippen LogP contribution in [0.25, 0.3) is 0 Å². The number of nitrogens with two attached hydrogens (primary N) is 1. The molecule has 1 aromatic rings. The molecule has 18 heavy (non-hydrogen) atoms. The maximum absolute atomic E-state index is 12.5. The van der Waals surface area contributed by atoms with Gasteiger partial charge in [-0.2, -0.15) is 0 Å². The van der Waals surface area contributed by atoms with E-state index in [1.165, 1.54) is 0 Å². The third-order valence-electron chi connectivity index (χ3n) is 3.39. The summed E-state index contributed by atoms with van der Waals surface area (Å²) >= 11 is 1.78. The number of thioether (sulfide) groups is 1. The molecule has 2 heterocycles. The molecular formula is C13H16N2O2S. The molecule has 96 valence electrons. The first-order valence-corrected chi connectivity index (χ1v) is 7.16. The lowest BCUT2D eigenvalue weighted by molar-refractivity contribution is -0.122. The van der Waals surface area contributed by atoms with E-state index >= 15 is 0 Å². The van der Waals surface area contributed by atoms with Crippen LogP contribution in [-0.4, -0.2) is 31.4 Å². The minimum absolute atomic E-state index is 0.0161. The van der Waals surface area contributed by atoms with Gasteiger partial charge in [0.05, 0.1) is 18.2 Å². The van der Waals surface area contributed by atoms with Gasteiger partial charge in [-0.15, -0.1) is 11.8 Å². The summed E-state index contributed by atoms with van der Waals surface area (Å²) in [5.74, 6) is 1.14. The van der Waals surface area contributed by atoms with Gasteiger partial charge in [0.1, 0.15) is 0 Å². The van der Waals surface area contributed by atoms with Crippen molar-refractivity contribution in [3.05, 3.63) is 18.2 Å². The SMILES string of the molecule is Nc1ccc2c(c1)N(C(=O)C1CCOC1)CCS2. The van der Waals surface area contributed by atoms with E-state index in [2.05, 4.69) is 0 Å². The third-order valence-corrected chi connectivity index (χ3v) is 4.43. The minimum atomic E-state index is 0.0161. The number of fused-ring (bicyclic) bond motifs is 1. The second-order valence-corrected chi connectivity index (χ2v) is 5.76. The zero-order valence-electron chi connectivity index (χ0n) is 10.1. The van der Waals surface area contributed by atoms with Crippen LogP contribution in [0.15, 0.2) is 23.1 Å². The van der Waals surface area contributed by atoms with Crippen LogP contribution in [-0.2, 0) is 9.53 Å². The molecule has 5 heteroatoms. The summed E-state index contributed by atoms with van der Waals surface area (Å²) in [5.41, 5.74) is 7.49. The Morgan fingerprint density at radius 2 is 2.39 bits per heavy atom. The zero-order valence-corrected chi connectivity index (χ0v) is 10.9. The lowest BCUT2D eigenvalue weighted by Gasteiger charge is -2.31. The maximum Gasteiger partial charge on any atom is 0.232 e. The molecule has 2 aliphatic rings. The van der Waals surface area contributed by atoms with Gasteiger partial charge >= 0.3 is 0 Å². The van der Waals surface area contributed by atoms with Crippen molar-refractivity contribution in [1.82, 2.24) is 0 Å². The fraction of sp³-hybridized carbons (Fsp3) is 0.462. The van der Waals surface area contributed by atoms with E-state index in [0.29, 0.717) is 18.9 Å². The summed E-state index contributed by atoms with van der Waals surface area (Å²) in [4.78, 5) is 15.5. The molecule has 3 rings (SSSR count). The quantitative estimate of drug-likeness (QED) is 0.785. The van der Waals surface area contributed by atoms with Gasteiger partial charge in [0, 0.05) is 29.5 Å². The van der Waals surface area contributed by atoms with E-state index < -0.39 is 0 Å². The average Bonchev–Trinajstić information content (AvgIpc) is 2.91. The van der Waals surface area contributed by atoms with Crippen molar-refractivity contribution in [2.24, 2.45) is 5.92 Å². The second kappa shape index (κ2) is 4.82. The Kier molecular flexibility index (Phi) is 3.18. The molecule has 0 bridgehead atoms. The normalized spacial score (nSPS) is 22.9. The second-order valence-electron chi connectivity index (χ2n) is 4.63. The molecule has 4 nitrogen and oxygen atoms in total. The van der Waals surface area contributed by atoms with Crippen molar-refractivity contribution in [3.8, 4) is 0 Å². The van der Waals surface area contributed by atoms with E-state index in [0.717, 1.165) is 29.3 Å². The Hall–Kier alpha value is -1.20. The van der Waals surface area contributed by atoms with E-state index in [-0.39, 0.29) is 11.8 Å². The standard InChI is InChI=1S/C13H16N2O2S/c14-10-1-2-12-11(7-10)15(4-6-18-12)13(16)9-3-5-17-8-9/h1-2,7,9H,3-6,8,14H2. The number of amides is 1. The van der Waals surface area contributed by atoms with Crippen molar-refractivity contribution >= 4 is 29.0 Å². The Labute approximate surface area is 110 Å². The fourth-order valence-corrected chi connectivity index (χ4v) is 3.39. The predicted octanol–water partition coefficient (Wildman–Crippen LogP) is 1.74. The van der Waals surface area contributed by atoms with Crippen molar-refractivity contribution in [2.75, 3.05) is 36.1 Å². The maximum atomic E-state index is 12.5. The van der Waals surface area contributed by atoms with Crippen LogP contribution in [0.1, 0.15) is 6.42 Å². The minimum Gasteiger partial charge on any atom is -0.399 e. The van der Waals surface area contributed by atoms with Crippen LogP contribution in [0.2, 0.25) is 0 Å². The zero-order chi connectivity index (χ0) is 12.5. The van der Waals surface area contributed by atoms with Gasteiger partial charge in [0.15, 0.2) is 0 Å². The molecule has 0 spiro atoms. The first-order chi connectivity index (χ1) is 8.75. The summed E-state index contributed by atoms with van der Waals surface area (Å²) in [5, 5.41) is 0. The third kappa shape index (κ3) is 2.08. The highest BCUT2D eigenvalue weighted by Crippen LogP contribution is 2.37. The molecule has 2 aliphatic heterocycles. The average molecular weight is 264 g/mol. The number of hydrogen-bond donors (Lipinski definition) is 1. The van der Waals surface area contributed by atoms with Crippen LogP contribution in [0.4, 0.5) is 11.4 Å². The number of rotatable bonds is 1. The van der Waals surface area contributed by atoms with Crippen LogP contribution >= 0.6 is 11.8 Å². The first kappa shape index (κ1) is 11.9. The van der Waals surface area contributed by atoms with E-state index in [4.69, 9.17) is 10.5 Å². The molecule has 1 fully saturated rings. The topological polar surface area (TPSA) is 55.6 Å². The van der Waals surface area contributed by atoms with E-state index in [9.17, 15) is 4.79 Å². The number of hydrogen-bond acceptors (Lipinski definition) is 4. The number of nitrogen functional groups attached to an aromatic ring is 1. The number of benzene rings is 1. The first-order valence-electron chi connectivity index (χ1n) is 6.17. The summed E-state index contributed by atoms with van der Waals surface area (Å²) in [6, 6.07) is 5.79. The number of anilines is 2. The van der Waals surface area contributed by atoms with Crippen LogP contribution in [0, 0.1) is 5.92 Å². The summed E-state index contributed by atoms with van der Waals surface area (Å²) in [6.45, 7) is 2.01. The molecule has 0 saturated carbocycles. The molecule has 1 aromatic carbocycles. The lowest BCUT2D eigenvalue weighted by atomic mass is 10.1. The van der Waals surface area contributed by atoms with Crippen LogP contribution in [0.5, 0.6) is 0 Å². The van der Waals surface area contributed by atoms with Crippen LogP contribution < -0.4 is 10.6 Å². The highest BCUT2D eigenvalue weighted by atomic mass is 32.2. The van der Waals surface area contributed by atoms with Gasteiger partial charge in [-0.3, -0.25) is 4.79 Å². The van der Waals surface area contributed by atoms with Crippen molar-refractivity contribution in [3.63, 3.8) is 0 Å². The van der Waals surface area contributed by atoms with Gasteiger partial charge in [0.2, 0.25) is 5.91 Å². The summed E-state index contributed by atoms with van der Waals surface area (Å²) in [7, 11) is 0. The summed E-state index contributed by atoms with van der Waals surface area (Å²) in [6.07, 6.45) is 0.833. The fourth-order valence-electron chi connectivity index (χ4n) is 2.41. The van der Waals surface area contributed by atoms with E-state index in [1.807, 2.05) is 23.1 Å². The summed E-state index contributed by atoms with van der Waals surface area (Å²) < 4.78 is 5.30. The van der Waals surface area contributed by atoms with Crippen LogP contribution in [0.3, 0.4) is 0 Å². The molecule has 0 aliphatic carbocycles. The van der Waals surface area contributed by atoms with Crippen molar-refractivity contribution in [2.45, 2.75) is 11.3 Å². The number of nitrogens with zero attached hydrogens (tertiary/aromatic N) is 1. The van der Waals surface area contributed by atoms with Crippen molar-refractivity contribution < 1.29 is 9.53 Å². The number of ether oxygens (including phenoxy) is 1. The van der Waals surface area contributed by atoms with Crippen molar-refractivity contribution in [1.29, 1.82) is 0 Å². The number of carbonyl (C=O) groups is 1. The predicted molar refractivity (Wildman–Crippen MR) is 72.9 cm³/mol. The Balaban J connectivity index is 1.90. The monoisotopic (exact) mass is 264 g/mol. The largest absolute Gasteiger partial charge is 0.399 e. The molecule has 1 saturated heterocycles. The molecule has 0 aromatic heterocycles. The van der Waals surface area contributed by atoms with Gasteiger partial charge in [-0.05, 0) is 24.6 Å². The molecule has 1 unspecified atom stereocenters. The smallest absolute Gasteiger partial charge is 0.232 e. The highest BCUT2D eigenvalue weighted by molar-refractivity contribution is 7.99.